The lowest BCUT2D eigenvalue weighted by atomic mass is 9.91. The molecule has 1 N–H and O–H groups in total. The molecule has 1 aromatic rings. The lowest BCUT2D eigenvalue weighted by Crippen LogP contribution is -2.43. The maximum Gasteiger partial charge on any atom is 0.339 e. The number of carboxylic acid groups (broad SMARTS) is 1. The van der Waals surface area contributed by atoms with E-state index in [1.54, 1.807) is 18.3 Å². The molecule has 1 aromatic heterocycles. The first-order valence-electron chi connectivity index (χ1n) is 6.72. The Morgan fingerprint density at radius 1 is 1.33 bits per heavy atom. The number of hydrogen-bond donors (Lipinski definition) is 1. The molecule has 96 valence electrons. The highest BCUT2D eigenvalue weighted by Crippen LogP contribution is 2.39. The van der Waals surface area contributed by atoms with Crippen molar-refractivity contribution in [2.24, 2.45) is 5.92 Å². The molecule has 2 aliphatic rings. The van der Waals surface area contributed by atoms with Gasteiger partial charge in [-0.05, 0) is 43.7 Å². The van der Waals surface area contributed by atoms with Crippen LogP contribution in [0.1, 0.15) is 42.5 Å². The van der Waals surface area contributed by atoms with Crippen LogP contribution in [-0.2, 0) is 0 Å². The molecule has 0 amide bonds. The van der Waals surface area contributed by atoms with Crippen molar-refractivity contribution in [1.82, 2.24) is 4.98 Å². The molecule has 2 heterocycles. The summed E-state index contributed by atoms with van der Waals surface area (Å²) in [6.07, 6.45) is 7.87. The number of hydrogen-bond acceptors (Lipinski definition) is 3. The first-order valence-corrected chi connectivity index (χ1v) is 6.72. The summed E-state index contributed by atoms with van der Waals surface area (Å²) in [5.74, 6) is 0.530. The molecule has 1 aliphatic heterocycles. The van der Waals surface area contributed by atoms with Crippen molar-refractivity contribution in [3.05, 3.63) is 23.9 Å². The molecule has 2 unspecified atom stereocenters. The quantitative estimate of drug-likeness (QED) is 0.871. The molecular weight excluding hydrogens is 228 g/mol. The summed E-state index contributed by atoms with van der Waals surface area (Å²) in [5.41, 5.74) is 0.338. The van der Waals surface area contributed by atoms with E-state index in [-0.39, 0.29) is 0 Å². The van der Waals surface area contributed by atoms with Crippen LogP contribution in [0.15, 0.2) is 18.3 Å². The van der Waals surface area contributed by atoms with E-state index in [9.17, 15) is 9.90 Å². The fraction of sp³-hybridized carbons (Fsp3) is 0.571. The fourth-order valence-electron chi connectivity index (χ4n) is 3.51. The van der Waals surface area contributed by atoms with Crippen LogP contribution in [0.3, 0.4) is 0 Å². The Morgan fingerprint density at radius 2 is 2.17 bits per heavy atom. The van der Waals surface area contributed by atoms with Gasteiger partial charge in [-0.3, -0.25) is 0 Å². The molecule has 0 radical (unpaired) electrons. The van der Waals surface area contributed by atoms with Gasteiger partial charge in [0.05, 0.1) is 0 Å². The molecule has 0 aromatic carbocycles. The molecule has 2 fully saturated rings. The third-order valence-electron chi connectivity index (χ3n) is 4.28. The van der Waals surface area contributed by atoms with Crippen LogP contribution in [0, 0.1) is 5.92 Å². The van der Waals surface area contributed by atoms with E-state index in [1.165, 1.54) is 25.7 Å². The van der Waals surface area contributed by atoms with Crippen LogP contribution in [0.5, 0.6) is 0 Å². The zero-order chi connectivity index (χ0) is 12.5. The lowest BCUT2D eigenvalue weighted by molar-refractivity contribution is 0.0697. The number of rotatable bonds is 2. The zero-order valence-electron chi connectivity index (χ0n) is 10.4. The number of fused-ring (bicyclic) bond motifs is 1. The van der Waals surface area contributed by atoms with Crippen molar-refractivity contribution >= 4 is 11.8 Å². The SMILES string of the molecule is O=C(O)c1cccnc1N1CCCC2CCCC21. The van der Waals surface area contributed by atoms with Crippen LogP contribution in [0.4, 0.5) is 5.82 Å². The van der Waals surface area contributed by atoms with Gasteiger partial charge in [-0.1, -0.05) is 6.42 Å². The number of carboxylic acids is 1. The van der Waals surface area contributed by atoms with Gasteiger partial charge in [0, 0.05) is 18.8 Å². The van der Waals surface area contributed by atoms with Gasteiger partial charge in [0.15, 0.2) is 0 Å². The molecule has 4 heteroatoms. The minimum absolute atomic E-state index is 0.338. The molecular formula is C14H18N2O2. The number of pyridine rings is 1. The maximum atomic E-state index is 11.3. The van der Waals surface area contributed by atoms with E-state index in [0.717, 1.165) is 18.9 Å². The predicted octanol–water partition coefficient (Wildman–Crippen LogP) is 2.55. The number of anilines is 1. The largest absolute Gasteiger partial charge is 0.478 e. The van der Waals surface area contributed by atoms with E-state index in [1.807, 2.05) is 0 Å². The van der Waals surface area contributed by atoms with E-state index in [4.69, 9.17) is 0 Å². The van der Waals surface area contributed by atoms with Gasteiger partial charge >= 0.3 is 5.97 Å². The summed E-state index contributed by atoms with van der Waals surface area (Å²) in [6, 6.07) is 3.86. The highest BCUT2D eigenvalue weighted by Gasteiger charge is 2.36. The minimum Gasteiger partial charge on any atom is -0.478 e. The average Bonchev–Trinajstić information content (AvgIpc) is 2.86. The zero-order valence-corrected chi connectivity index (χ0v) is 10.4. The monoisotopic (exact) mass is 246 g/mol. The van der Waals surface area contributed by atoms with Crippen LogP contribution in [0.25, 0.3) is 0 Å². The molecule has 3 rings (SSSR count). The van der Waals surface area contributed by atoms with Gasteiger partial charge in [0.1, 0.15) is 11.4 Å². The van der Waals surface area contributed by atoms with Crippen molar-refractivity contribution in [1.29, 1.82) is 0 Å². The highest BCUT2D eigenvalue weighted by atomic mass is 16.4. The molecule has 18 heavy (non-hydrogen) atoms. The molecule has 0 bridgehead atoms. The Morgan fingerprint density at radius 3 is 3.00 bits per heavy atom. The second-order valence-corrected chi connectivity index (χ2v) is 5.27. The second-order valence-electron chi connectivity index (χ2n) is 5.27. The van der Waals surface area contributed by atoms with Crippen LogP contribution in [-0.4, -0.2) is 28.6 Å². The lowest BCUT2D eigenvalue weighted by Gasteiger charge is -2.39. The molecule has 1 saturated heterocycles. The predicted molar refractivity (Wildman–Crippen MR) is 68.9 cm³/mol. The third kappa shape index (κ3) is 1.85. The van der Waals surface area contributed by atoms with Crippen molar-refractivity contribution in [2.45, 2.75) is 38.1 Å². The highest BCUT2D eigenvalue weighted by molar-refractivity contribution is 5.93. The van der Waals surface area contributed by atoms with Crippen molar-refractivity contribution in [3.8, 4) is 0 Å². The Labute approximate surface area is 107 Å². The first kappa shape index (κ1) is 11.5. The summed E-state index contributed by atoms with van der Waals surface area (Å²) in [5, 5.41) is 9.27. The van der Waals surface area contributed by atoms with Crippen molar-refractivity contribution < 1.29 is 9.90 Å². The van der Waals surface area contributed by atoms with Gasteiger partial charge in [-0.2, -0.15) is 0 Å². The molecule has 2 atom stereocenters. The molecule has 1 aliphatic carbocycles. The molecule has 0 spiro atoms. The average molecular weight is 246 g/mol. The number of nitrogens with zero attached hydrogens (tertiary/aromatic N) is 2. The summed E-state index contributed by atoms with van der Waals surface area (Å²) >= 11 is 0. The second kappa shape index (κ2) is 4.59. The van der Waals surface area contributed by atoms with Gasteiger partial charge in [-0.25, -0.2) is 9.78 Å². The van der Waals surface area contributed by atoms with Crippen LogP contribution >= 0.6 is 0 Å². The smallest absolute Gasteiger partial charge is 0.339 e. The van der Waals surface area contributed by atoms with Crippen LogP contribution < -0.4 is 4.90 Å². The first-order chi connectivity index (χ1) is 8.77. The fourth-order valence-corrected chi connectivity index (χ4v) is 3.51. The van der Waals surface area contributed by atoms with E-state index >= 15 is 0 Å². The third-order valence-corrected chi connectivity index (χ3v) is 4.28. The number of piperidine rings is 1. The van der Waals surface area contributed by atoms with E-state index in [2.05, 4.69) is 9.88 Å². The summed E-state index contributed by atoms with van der Waals surface area (Å²) in [6.45, 7) is 0.943. The summed E-state index contributed by atoms with van der Waals surface area (Å²) in [7, 11) is 0. The Hall–Kier alpha value is -1.58. The minimum atomic E-state index is -0.877. The van der Waals surface area contributed by atoms with Gasteiger partial charge in [-0.15, -0.1) is 0 Å². The number of aromatic nitrogens is 1. The van der Waals surface area contributed by atoms with Crippen LogP contribution in [0.2, 0.25) is 0 Å². The topological polar surface area (TPSA) is 53.4 Å². The number of carbonyl (C=O) groups is 1. The Kier molecular flexibility index (Phi) is 2.94. The van der Waals surface area contributed by atoms with Crippen molar-refractivity contribution in [3.63, 3.8) is 0 Å². The van der Waals surface area contributed by atoms with Gasteiger partial charge in [0.2, 0.25) is 0 Å². The summed E-state index contributed by atoms with van der Waals surface area (Å²) in [4.78, 5) is 17.9. The maximum absolute atomic E-state index is 11.3. The van der Waals surface area contributed by atoms with E-state index in [0.29, 0.717) is 17.4 Å². The normalized spacial score (nSPS) is 27.0. The Bertz CT molecular complexity index is 461. The molecule has 4 nitrogen and oxygen atoms in total. The van der Waals surface area contributed by atoms with E-state index < -0.39 is 5.97 Å². The Balaban J connectivity index is 1.96. The number of aromatic carboxylic acids is 1. The summed E-state index contributed by atoms with van der Waals surface area (Å²) < 4.78 is 0. The standard InChI is InChI=1S/C14H18N2O2/c17-14(18)11-6-2-8-15-13(11)16-9-3-5-10-4-1-7-12(10)16/h2,6,8,10,12H,1,3-5,7,9H2,(H,17,18). The van der Waals surface area contributed by atoms with Gasteiger partial charge in [0.25, 0.3) is 0 Å². The molecule has 1 saturated carbocycles. The van der Waals surface area contributed by atoms with Crippen molar-refractivity contribution in [2.75, 3.05) is 11.4 Å². The van der Waals surface area contributed by atoms with Gasteiger partial charge < -0.3 is 10.0 Å².